The number of anilines is 1. The molecule has 0 saturated carbocycles. The Bertz CT molecular complexity index is 688. The summed E-state index contributed by atoms with van der Waals surface area (Å²) in [5.41, 5.74) is 7.35. The minimum atomic E-state index is -0.425. The SMILES string of the molecule is Cc1nc(N)c2c(C=N)cn([C@H]3C=C[C@@H](O)C3)c2n1. The zero-order valence-corrected chi connectivity index (χ0v) is 10.5. The Morgan fingerprint density at radius 1 is 1.47 bits per heavy atom. The number of aliphatic hydroxyl groups excluding tert-OH is 1. The largest absolute Gasteiger partial charge is 0.389 e. The van der Waals surface area contributed by atoms with E-state index in [4.69, 9.17) is 11.1 Å². The molecule has 6 heteroatoms. The molecule has 2 heterocycles. The molecule has 4 N–H and O–H groups in total. The summed E-state index contributed by atoms with van der Waals surface area (Å²) < 4.78 is 1.95. The Hall–Kier alpha value is -2.21. The van der Waals surface area contributed by atoms with Crippen molar-refractivity contribution >= 4 is 23.1 Å². The van der Waals surface area contributed by atoms with Crippen LogP contribution in [0.25, 0.3) is 11.0 Å². The van der Waals surface area contributed by atoms with E-state index in [2.05, 4.69) is 9.97 Å². The zero-order valence-electron chi connectivity index (χ0n) is 10.5. The lowest BCUT2D eigenvalue weighted by Gasteiger charge is -2.12. The second-order valence-electron chi connectivity index (χ2n) is 4.75. The van der Waals surface area contributed by atoms with Gasteiger partial charge in [0.15, 0.2) is 0 Å². The van der Waals surface area contributed by atoms with Gasteiger partial charge in [0.2, 0.25) is 0 Å². The molecule has 0 amide bonds. The summed E-state index contributed by atoms with van der Waals surface area (Å²) in [5.74, 6) is 0.991. The van der Waals surface area contributed by atoms with E-state index in [9.17, 15) is 5.11 Å². The summed E-state index contributed by atoms with van der Waals surface area (Å²) in [6.07, 6.45) is 7.01. The molecule has 3 rings (SSSR count). The average Bonchev–Trinajstić information content (AvgIpc) is 2.92. The summed E-state index contributed by atoms with van der Waals surface area (Å²) >= 11 is 0. The number of aryl methyl sites for hydroxylation is 1. The first-order chi connectivity index (χ1) is 9.10. The van der Waals surface area contributed by atoms with Crippen molar-refractivity contribution in [2.75, 3.05) is 5.73 Å². The predicted molar refractivity (Wildman–Crippen MR) is 73.4 cm³/mol. The fourth-order valence-electron chi connectivity index (χ4n) is 2.55. The van der Waals surface area contributed by atoms with Crippen LogP contribution in [0, 0.1) is 12.3 Å². The molecule has 19 heavy (non-hydrogen) atoms. The number of aliphatic hydroxyl groups is 1. The second kappa shape index (κ2) is 4.17. The number of allylic oxidation sites excluding steroid dienone is 1. The van der Waals surface area contributed by atoms with E-state index in [0.29, 0.717) is 34.7 Å². The van der Waals surface area contributed by atoms with Gasteiger partial charge in [-0.15, -0.1) is 0 Å². The number of nitrogen functional groups attached to an aromatic ring is 1. The molecule has 6 nitrogen and oxygen atoms in total. The van der Waals surface area contributed by atoms with Gasteiger partial charge in [-0.05, 0) is 6.92 Å². The first-order valence-corrected chi connectivity index (χ1v) is 6.11. The van der Waals surface area contributed by atoms with E-state index in [1.807, 2.05) is 16.8 Å². The zero-order chi connectivity index (χ0) is 13.6. The van der Waals surface area contributed by atoms with Crippen molar-refractivity contribution in [3.63, 3.8) is 0 Å². The highest BCUT2D eigenvalue weighted by Crippen LogP contribution is 2.31. The molecule has 0 bridgehead atoms. The molecule has 0 unspecified atom stereocenters. The monoisotopic (exact) mass is 257 g/mol. The fraction of sp³-hybridized carbons (Fsp3) is 0.308. The van der Waals surface area contributed by atoms with Crippen molar-refractivity contribution in [3.05, 3.63) is 29.7 Å². The number of nitrogens with zero attached hydrogens (tertiary/aromatic N) is 3. The number of hydrogen-bond acceptors (Lipinski definition) is 5. The maximum atomic E-state index is 9.60. The first kappa shape index (κ1) is 11.9. The van der Waals surface area contributed by atoms with Crippen molar-refractivity contribution in [3.8, 4) is 0 Å². The molecule has 0 radical (unpaired) electrons. The van der Waals surface area contributed by atoms with Gasteiger partial charge < -0.3 is 20.8 Å². The first-order valence-electron chi connectivity index (χ1n) is 6.11. The number of fused-ring (bicyclic) bond motifs is 1. The highest BCUT2D eigenvalue weighted by molar-refractivity contribution is 6.02. The maximum absolute atomic E-state index is 9.60. The number of hydrogen-bond donors (Lipinski definition) is 3. The van der Waals surface area contributed by atoms with Crippen LogP contribution in [0.1, 0.15) is 23.9 Å². The number of aromatic nitrogens is 3. The molecule has 0 aliphatic heterocycles. The van der Waals surface area contributed by atoms with E-state index in [1.165, 1.54) is 6.21 Å². The van der Waals surface area contributed by atoms with Crippen LogP contribution in [0.5, 0.6) is 0 Å². The van der Waals surface area contributed by atoms with Crippen LogP contribution in [0.3, 0.4) is 0 Å². The standard InChI is InChI=1S/C13H15N5O/c1-7-16-12(15)11-8(5-14)6-18(13(11)17-7)9-2-3-10(19)4-9/h2-3,5-6,9-10,14,19H,4H2,1H3,(H2,15,16,17)/t9-,10+/m0/s1. The van der Waals surface area contributed by atoms with Crippen LogP contribution >= 0.6 is 0 Å². The summed E-state index contributed by atoms with van der Waals surface area (Å²) in [6, 6.07) is 0.0416. The van der Waals surface area contributed by atoms with Crippen molar-refractivity contribution in [2.45, 2.75) is 25.5 Å². The Kier molecular flexibility index (Phi) is 2.60. The van der Waals surface area contributed by atoms with Crippen LogP contribution in [-0.4, -0.2) is 32.0 Å². The number of rotatable bonds is 2. The minimum Gasteiger partial charge on any atom is -0.389 e. The van der Waals surface area contributed by atoms with Gasteiger partial charge in [0.25, 0.3) is 0 Å². The lowest BCUT2D eigenvalue weighted by molar-refractivity contribution is 0.211. The van der Waals surface area contributed by atoms with E-state index in [-0.39, 0.29) is 6.04 Å². The summed E-state index contributed by atoms with van der Waals surface area (Å²) in [5, 5.41) is 17.8. The van der Waals surface area contributed by atoms with Crippen molar-refractivity contribution in [1.82, 2.24) is 14.5 Å². The Morgan fingerprint density at radius 3 is 2.89 bits per heavy atom. The molecule has 0 saturated heterocycles. The molecule has 1 aliphatic rings. The Morgan fingerprint density at radius 2 is 2.26 bits per heavy atom. The van der Waals surface area contributed by atoms with E-state index in [1.54, 1.807) is 13.0 Å². The Balaban J connectivity index is 2.25. The number of nitrogens with two attached hydrogens (primary N) is 1. The molecule has 98 valence electrons. The van der Waals surface area contributed by atoms with Gasteiger partial charge in [-0.2, -0.15) is 0 Å². The van der Waals surface area contributed by atoms with Gasteiger partial charge in [-0.3, -0.25) is 0 Å². The summed E-state index contributed by atoms with van der Waals surface area (Å²) in [6.45, 7) is 1.79. The number of nitrogens with one attached hydrogen (secondary N) is 1. The van der Waals surface area contributed by atoms with Gasteiger partial charge in [-0.25, -0.2) is 9.97 Å². The van der Waals surface area contributed by atoms with Gasteiger partial charge in [0, 0.05) is 24.4 Å². The van der Waals surface area contributed by atoms with Crippen molar-refractivity contribution in [2.24, 2.45) is 0 Å². The molecule has 2 atom stereocenters. The van der Waals surface area contributed by atoms with Gasteiger partial charge in [0.05, 0.1) is 17.5 Å². The van der Waals surface area contributed by atoms with Crippen molar-refractivity contribution < 1.29 is 5.11 Å². The van der Waals surface area contributed by atoms with E-state index >= 15 is 0 Å². The van der Waals surface area contributed by atoms with Crippen LogP contribution in [0.15, 0.2) is 18.3 Å². The van der Waals surface area contributed by atoms with Crippen LogP contribution in [0.4, 0.5) is 5.82 Å². The molecule has 2 aromatic heterocycles. The summed E-state index contributed by atoms with van der Waals surface area (Å²) in [7, 11) is 0. The predicted octanol–water partition coefficient (Wildman–Crippen LogP) is 1.18. The third-order valence-electron chi connectivity index (χ3n) is 3.39. The Labute approximate surface area is 110 Å². The molecular weight excluding hydrogens is 242 g/mol. The molecule has 2 aromatic rings. The minimum absolute atomic E-state index is 0.0416. The third-order valence-corrected chi connectivity index (χ3v) is 3.39. The topological polar surface area (TPSA) is 101 Å². The van der Waals surface area contributed by atoms with Crippen LogP contribution in [-0.2, 0) is 0 Å². The molecule has 0 spiro atoms. The summed E-state index contributed by atoms with van der Waals surface area (Å²) in [4.78, 5) is 8.58. The molecular formula is C13H15N5O. The third kappa shape index (κ3) is 1.80. The highest BCUT2D eigenvalue weighted by Gasteiger charge is 2.22. The van der Waals surface area contributed by atoms with Gasteiger partial charge in [-0.1, -0.05) is 12.2 Å². The van der Waals surface area contributed by atoms with E-state index in [0.717, 1.165) is 0 Å². The molecule has 1 aliphatic carbocycles. The molecule has 0 aromatic carbocycles. The van der Waals surface area contributed by atoms with E-state index < -0.39 is 6.10 Å². The highest BCUT2D eigenvalue weighted by atomic mass is 16.3. The quantitative estimate of drug-likeness (QED) is 0.555. The average molecular weight is 257 g/mol. The second-order valence-corrected chi connectivity index (χ2v) is 4.75. The smallest absolute Gasteiger partial charge is 0.147 e. The van der Waals surface area contributed by atoms with Gasteiger partial charge in [0.1, 0.15) is 17.3 Å². The fourth-order valence-corrected chi connectivity index (χ4v) is 2.55. The molecule has 0 fully saturated rings. The van der Waals surface area contributed by atoms with Crippen LogP contribution < -0.4 is 5.73 Å². The van der Waals surface area contributed by atoms with Gasteiger partial charge >= 0.3 is 0 Å². The van der Waals surface area contributed by atoms with Crippen LogP contribution in [0.2, 0.25) is 0 Å². The lowest BCUT2D eigenvalue weighted by atomic mass is 10.2. The lowest BCUT2D eigenvalue weighted by Crippen LogP contribution is -2.08. The maximum Gasteiger partial charge on any atom is 0.147 e. The normalized spacial score (nSPS) is 22.2. The van der Waals surface area contributed by atoms with Crippen molar-refractivity contribution in [1.29, 1.82) is 5.41 Å².